The lowest BCUT2D eigenvalue weighted by molar-refractivity contribution is -0.137. The highest BCUT2D eigenvalue weighted by atomic mass is 19.4. The zero-order chi connectivity index (χ0) is 25.0. The van der Waals surface area contributed by atoms with Gasteiger partial charge in [0.25, 0.3) is 11.8 Å². The summed E-state index contributed by atoms with van der Waals surface area (Å²) in [6, 6.07) is 9.40. The molecule has 8 nitrogen and oxygen atoms in total. The van der Waals surface area contributed by atoms with Gasteiger partial charge in [-0.1, -0.05) is 6.07 Å². The lowest BCUT2D eigenvalue weighted by Gasteiger charge is -2.20. The summed E-state index contributed by atoms with van der Waals surface area (Å²) in [7, 11) is 0. The van der Waals surface area contributed by atoms with Crippen LogP contribution in [0.2, 0.25) is 0 Å². The Morgan fingerprint density at radius 3 is 2.86 bits per heavy atom. The standard InChI is InChI=1S/C24H18F3N5O3/c1-14-4-5-16(11-19(14)35-23-20-21(30-13-31-23)29-7-8-34-20)22(33)32-18-10-15(3-2-6-28)9-17(12-18)24(25,26)27/h2-5,9-13H,7-8H2,1H3,(H,32,33)(H,29,30,31). The molecule has 2 aromatic carbocycles. The minimum atomic E-state index is -4.63. The van der Waals surface area contributed by atoms with Crippen molar-refractivity contribution in [2.45, 2.75) is 13.1 Å². The van der Waals surface area contributed by atoms with Gasteiger partial charge in [-0.25, -0.2) is 4.98 Å². The number of allylic oxidation sites excluding steroid dienone is 1. The normalized spacial score (nSPS) is 12.8. The third kappa shape index (κ3) is 5.50. The van der Waals surface area contributed by atoms with Gasteiger partial charge in [0.15, 0.2) is 5.82 Å². The number of aryl methyl sites for hydroxylation is 1. The Bertz CT molecular complexity index is 1350. The minimum absolute atomic E-state index is 0.0743. The highest BCUT2D eigenvalue weighted by Crippen LogP contribution is 2.37. The topological polar surface area (TPSA) is 109 Å². The molecule has 3 aromatic rings. The number of hydrogen-bond donors (Lipinski definition) is 2. The predicted octanol–water partition coefficient (Wildman–Crippen LogP) is 5.19. The first kappa shape index (κ1) is 23.6. The van der Waals surface area contributed by atoms with E-state index in [4.69, 9.17) is 14.7 Å². The van der Waals surface area contributed by atoms with Crippen LogP contribution in [0.25, 0.3) is 6.08 Å². The summed E-state index contributed by atoms with van der Waals surface area (Å²) in [4.78, 5) is 21.1. The van der Waals surface area contributed by atoms with Crippen LogP contribution in [0.4, 0.5) is 24.7 Å². The molecule has 0 unspecified atom stereocenters. The number of nitriles is 1. The van der Waals surface area contributed by atoms with E-state index in [0.717, 1.165) is 18.2 Å². The number of amides is 1. The van der Waals surface area contributed by atoms with Crippen molar-refractivity contribution in [2.75, 3.05) is 23.8 Å². The number of nitrogens with one attached hydrogen (secondary N) is 2. The van der Waals surface area contributed by atoms with Crippen molar-refractivity contribution in [3.05, 3.63) is 71.1 Å². The van der Waals surface area contributed by atoms with Crippen molar-refractivity contribution in [3.8, 4) is 23.4 Å². The third-order valence-electron chi connectivity index (χ3n) is 4.96. The first-order valence-electron chi connectivity index (χ1n) is 10.3. The summed E-state index contributed by atoms with van der Waals surface area (Å²) in [6.07, 6.45) is -1.04. The van der Waals surface area contributed by atoms with Crippen molar-refractivity contribution < 1.29 is 27.4 Å². The summed E-state index contributed by atoms with van der Waals surface area (Å²) in [6.45, 7) is 2.76. The third-order valence-corrected chi connectivity index (χ3v) is 4.96. The number of alkyl halides is 3. The number of anilines is 2. The van der Waals surface area contributed by atoms with E-state index in [-0.39, 0.29) is 22.7 Å². The Morgan fingerprint density at radius 1 is 1.26 bits per heavy atom. The number of ether oxygens (including phenoxy) is 2. The van der Waals surface area contributed by atoms with Crippen molar-refractivity contribution in [1.29, 1.82) is 5.26 Å². The van der Waals surface area contributed by atoms with Gasteiger partial charge >= 0.3 is 6.18 Å². The number of carbonyl (C=O) groups is 1. The minimum Gasteiger partial charge on any atom is -0.483 e. The van der Waals surface area contributed by atoms with Gasteiger partial charge in [0.05, 0.1) is 18.2 Å². The lowest BCUT2D eigenvalue weighted by atomic mass is 10.1. The maximum Gasteiger partial charge on any atom is 0.416 e. The smallest absolute Gasteiger partial charge is 0.416 e. The number of halogens is 3. The number of benzene rings is 2. The van der Waals surface area contributed by atoms with Crippen molar-refractivity contribution in [3.63, 3.8) is 0 Å². The molecule has 2 heterocycles. The fraction of sp³-hybridized carbons (Fsp3) is 0.167. The number of fused-ring (bicyclic) bond motifs is 1. The quantitative estimate of drug-likeness (QED) is 0.483. The Hall–Kier alpha value is -4.59. The van der Waals surface area contributed by atoms with Crippen LogP contribution < -0.4 is 20.1 Å². The summed E-state index contributed by atoms with van der Waals surface area (Å²) < 4.78 is 51.4. The predicted molar refractivity (Wildman–Crippen MR) is 121 cm³/mol. The van der Waals surface area contributed by atoms with Crippen LogP contribution in [0, 0.1) is 18.3 Å². The fourth-order valence-electron chi connectivity index (χ4n) is 3.28. The maximum atomic E-state index is 13.3. The second-order valence-corrected chi connectivity index (χ2v) is 7.47. The molecule has 0 bridgehead atoms. The van der Waals surface area contributed by atoms with E-state index in [1.54, 1.807) is 19.1 Å². The Labute approximate surface area is 198 Å². The molecule has 35 heavy (non-hydrogen) atoms. The second-order valence-electron chi connectivity index (χ2n) is 7.47. The van der Waals surface area contributed by atoms with Crippen LogP contribution in [0.3, 0.4) is 0 Å². The van der Waals surface area contributed by atoms with Crippen LogP contribution in [0.5, 0.6) is 17.4 Å². The molecule has 1 amide bonds. The molecule has 1 aliphatic rings. The molecule has 0 fully saturated rings. The van der Waals surface area contributed by atoms with Crippen LogP contribution in [-0.2, 0) is 6.18 Å². The molecule has 1 aromatic heterocycles. The molecule has 0 saturated carbocycles. The van der Waals surface area contributed by atoms with Gasteiger partial charge in [-0.2, -0.15) is 23.4 Å². The number of hydrogen-bond acceptors (Lipinski definition) is 7. The lowest BCUT2D eigenvalue weighted by Crippen LogP contribution is -2.19. The second kappa shape index (κ2) is 9.72. The van der Waals surface area contributed by atoms with E-state index in [1.165, 1.54) is 30.6 Å². The Balaban J connectivity index is 1.60. The summed E-state index contributed by atoms with van der Waals surface area (Å²) in [5.74, 6) is 0.657. The largest absolute Gasteiger partial charge is 0.483 e. The highest BCUT2D eigenvalue weighted by Gasteiger charge is 2.31. The van der Waals surface area contributed by atoms with E-state index in [1.807, 2.05) is 0 Å². The van der Waals surface area contributed by atoms with Gasteiger partial charge < -0.3 is 20.1 Å². The van der Waals surface area contributed by atoms with Gasteiger partial charge in [-0.05, 0) is 54.5 Å². The van der Waals surface area contributed by atoms with E-state index in [2.05, 4.69) is 20.6 Å². The monoisotopic (exact) mass is 481 g/mol. The highest BCUT2D eigenvalue weighted by molar-refractivity contribution is 6.04. The van der Waals surface area contributed by atoms with Crippen LogP contribution >= 0.6 is 0 Å². The van der Waals surface area contributed by atoms with Crippen LogP contribution in [-0.4, -0.2) is 29.0 Å². The van der Waals surface area contributed by atoms with Gasteiger partial charge in [-0.3, -0.25) is 4.79 Å². The fourth-order valence-corrected chi connectivity index (χ4v) is 3.28. The van der Waals surface area contributed by atoms with Gasteiger partial charge in [-0.15, -0.1) is 0 Å². The molecule has 2 N–H and O–H groups in total. The number of carbonyl (C=O) groups excluding carboxylic acids is 1. The number of rotatable bonds is 5. The molecule has 0 saturated heterocycles. The molecule has 0 atom stereocenters. The van der Waals surface area contributed by atoms with E-state index < -0.39 is 17.6 Å². The van der Waals surface area contributed by atoms with E-state index in [9.17, 15) is 18.0 Å². The molecule has 178 valence electrons. The van der Waals surface area contributed by atoms with E-state index >= 15 is 0 Å². The SMILES string of the molecule is Cc1ccc(C(=O)Nc2cc(C=CC#N)cc(C(F)(F)F)c2)cc1Oc1ncnc2c1OCCN2. The van der Waals surface area contributed by atoms with Gasteiger partial charge in [0.1, 0.15) is 18.7 Å². The van der Waals surface area contributed by atoms with Gasteiger partial charge in [0, 0.05) is 17.3 Å². The van der Waals surface area contributed by atoms with E-state index in [0.29, 0.717) is 36.0 Å². The van der Waals surface area contributed by atoms with Crippen molar-refractivity contribution in [2.24, 2.45) is 0 Å². The van der Waals surface area contributed by atoms with Crippen molar-refractivity contribution >= 4 is 23.5 Å². The molecular formula is C24H18F3N5O3. The molecule has 11 heteroatoms. The first-order valence-corrected chi connectivity index (χ1v) is 10.3. The average molecular weight is 481 g/mol. The molecule has 0 spiro atoms. The maximum absolute atomic E-state index is 13.3. The summed E-state index contributed by atoms with van der Waals surface area (Å²) in [5, 5.41) is 14.2. The van der Waals surface area contributed by atoms with Gasteiger partial charge in [0.2, 0.25) is 5.75 Å². The number of aromatic nitrogens is 2. The average Bonchev–Trinajstić information content (AvgIpc) is 2.83. The zero-order valence-electron chi connectivity index (χ0n) is 18.3. The zero-order valence-corrected chi connectivity index (χ0v) is 18.3. The summed E-state index contributed by atoms with van der Waals surface area (Å²) >= 11 is 0. The Morgan fingerprint density at radius 2 is 2.09 bits per heavy atom. The number of nitrogens with zero attached hydrogens (tertiary/aromatic N) is 3. The van der Waals surface area contributed by atoms with Crippen molar-refractivity contribution in [1.82, 2.24) is 9.97 Å². The molecular weight excluding hydrogens is 463 g/mol. The molecule has 1 aliphatic heterocycles. The molecule has 0 aliphatic carbocycles. The first-order chi connectivity index (χ1) is 16.7. The van der Waals surface area contributed by atoms with Crippen LogP contribution in [0.15, 0.2) is 48.8 Å². The Kier molecular flexibility index (Phi) is 6.55. The van der Waals surface area contributed by atoms with Crippen LogP contribution in [0.1, 0.15) is 27.0 Å². The molecule has 4 rings (SSSR count). The summed E-state index contributed by atoms with van der Waals surface area (Å²) in [5.41, 5.74) is -0.0655. The molecule has 0 radical (unpaired) electrons.